The number of guanidine groups is 1. The van der Waals surface area contributed by atoms with Gasteiger partial charge in [-0.25, -0.2) is 4.39 Å². The van der Waals surface area contributed by atoms with Gasteiger partial charge >= 0.3 is 0 Å². The Kier molecular flexibility index (Phi) is 8.80. The second-order valence-electron chi connectivity index (χ2n) is 5.33. The second kappa shape index (κ2) is 9.19. The van der Waals surface area contributed by atoms with Gasteiger partial charge in [0.15, 0.2) is 5.96 Å². The van der Waals surface area contributed by atoms with Crippen molar-refractivity contribution in [1.29, 1.82) is 0 Å². The fourth-order valence-corrected chi connectivity index (χ4v) is 1.59. The first kappa shape index (κ1) is 20.1. The van der Waals surface area contributed by atoms with E-state index in [2.05, 4.69) is 15.6 Å². The average molecular weight is 409 g/mol. The molecule has 6 heteroatoms. The fraction of sp³-hybridized carbons (Fsp3) is 0.533. The zero-order chi connectivity index (χ0) is 15.2. The normalized spacial score (nSPS) is 11.8. The zero-order valence-electron chi connectivity index (χ0n) is 13.3. The molecule has 0 saturated heterocycles. The van der Waals surface area contributed by atoms with Crippen molar-refractivity contribution < 1.29 is 9.13 Å². The summed E-state index contributed by atoms with van der Waals surface area (Å²) in [5.74, 6) is 0.509. The molecule has 21 heavy (non-hydrogen) atoms. The molecule has 0 atom stereocenters. The van der Waals surface area contributed by atoms with Gasteiger partial charge in [0.1, 0.15) is 5.82 Å². The molecule has 0 fully saturated rings. The number of hydrogen-bond donors (Lipinski definition) is 2. The van der Waals surface area contributed by atoms with Crippen LogP contribution in [0.2, 0.25) is 0 Å². The molecule has 0 aliphatic heterocycles. The van der Waals surface area contributed by atoms with Crippen molar-refractivity contribution in [2.24, 2.45) is 4.99 Å². The highest BCUT2D eigenvalue weighted by Crippen LogP contribution is 2.09. The number of benzene rings is 1. The maximum atomic E-state index is 13.2. The number of rotatable bonds is 5. The predicted molar refractivity (Wildman–Crippen MR) is 95.8 cm³/mol. The lowest BCUT2D eigenvalue weighted by molar-refractivity contribution is 0.0268. The smallest absolute Gasteiger partial charge is 0.191 e. The van der Waals surface area contributed by atoms with Gasteiger partial charge in [0.2, 0.25) is 0 Å². The van der Waals surface area contributed by atoms with E-state index in [4.69, 9.17) is 4.74 Å². The minimum atomic E-state index is -0.260. The minimum Gasteiger partial charge on any atom is -0.377 e. The Morgan fingerprint density at radius 2 is 2.00 bits per heavy atom. The third-order valence-corrected chi connectivity index (χ3v) is 3.14. The Hall–Kier alpha value is -0.890. The quantitative estimate of drug-likeness (QED) is 0.447. The highest BCUT2D eigenvalue weighted by atomic mass is 127. The van der Waals surface area contributed by atoms with Gasteiger partial charge in [-0.1, -0.05) is 12.1 Å². The molecule has 0 spiro atoms. The summed E-state index contributed by atoms with van der Waals surface area (Å²) in [6, 6.07) is 5.08. The number of hydrogen-bond acceptors (Lipinski definition) is 2. The first-order valence-electron chi connectivity index (χ1n) is 6.62. The fourth-order valence-electron chi connectivity index (χ4n) is 1.59. The lowest BCUT2D eigenvalue weighted by atomic mass is 10.1. The van der Waals surface area contributed by atoms with Crippen LogP contribution in [0.4, 0.5) is 4.39 Å². The number of nitrogens with zero attached hydrogens (tertiary/aromatic N) is 1. The van der Waals surface area contributed by atoms with E-state index >= 15 is 0 Å². The van der Waals surface area contributed by atoms with Crippen LogP contribution < -0.4 is 10.6 Å². The first-order valence-corrected chi connectivity index (χ1v) is 6.62. The molecule has 1 rings (SSSR count). The van der Waals surface area contributed by atoms with Crippen molar-refractivity contribution in [3.05, 3.63) is 35.1 Å². The third kappa shape index (κ3) is 7.08. The van der Waals surface area contributed by atoms with Crippen LogP contribution in [0.15, 0.2) is 23.2 Å². The summed E-state index contributed by atoms with van der Waals surface area (Å²) >= 11 is 0. The lowest BCUT2D eigenvalue weighted by Crippen LogP contribution is -2.45. The molecule has 1 aromatic rings. The number of nitrogens with one attached hydrogen (secondary N) is 2. The van der Waals surface area contributed by atoms with Gasteiger partial charge in [-0.2, -0.15) is 0 Å². The summed E-state index contributed by atoms with van der Waals surface area (Å²) in [5, 5.41) is 6.39. The van der Waals surface area contributed by atoms with Crippen molar-refractivity contribution in [3.8, 4) is 0 Å². The van der Waals surface area contributed by atoms with Gasteiger partial charge in [-0.05, 0) is 38.0 Å². The average Bonchev–Trinajstić information content (AvgIpc) is 2.42. The minimum absolute atomic E-state index is 0. The van der Waals surface area contributed by atoms with Gasteiger partial charge < -0.3 is 15.4 Å². The Bertz CT molecular complexity index is 478. The SMILES string of the molecule is CN=C(NCc1ccc(F)c(C)c1)NCC(C)(C)OC.I. The van der Waals surface area contributed by atoms with Crippen molar-refractivity contribution in [3.63, 3.8) is 0 Å². The van der Waals surface area contributed by atoms with Gasteiger partial charge in [0.05, 0.1) is 5.60 Å². The molecule has 0 amide bonds. The summed E-state index contributed by atoms with van der Waals surface area (Å²) in [6.07, 6.45) is 0. The van der Waals surface area contributed by atoms with Crippen molar-refractivity contribution in [2.45, 2.75) is 32.9 Å². The van der Waals surface area contributed by atoms with Crippen LogP contribution in [0, 0.1) is 12.7 Å². The third-order valence-electron chi connectivity index (χ3n) is 3.14. The topological polar surface area (TPSA) is 45.7 Å². The molecule has 0 heterocycles. The molecule has 0 aliphatic rings. The van der Waals surface area contributed by atoms with E-state index < -0.39 is 0 Å². The summed E-state index contributed by atoms with van der Waals surface area (Å²) in [4.78, 5) is 4.15. The van der Waals surface area contributed by atoms with Crippen LogP contribution in [0.1, 0.15) is 25.0 Å². The number of aliphatic imine (C=N–C) groups is 1. The Labute approximate surface area is 143 Å². The highest BCUT2D eigenvalue weighted by molar-refractivity contribution is 14.0. The van der Waals surface area contributed by atoms with Gasteiger partial charge in [0.25, 0.3) is 0 Å². The maximum absolute atomic E-state index is 13.2. The molecule has 0 unspecified atom stereocenters. The molecule has 2 N–H and O–H groups in total. The largest absolute Gasteiger partial charge is 0.377 e. The molecular formula is C15H25FIN3O. The van der Waals surface area contributed by atoms with Gasteiger partial charge in [-0.3, -0.25) is 4.99 Å². The number of methoxy groups -OCH3 is 1. The molecule has 4 nitrogen and oxygen atoms in total. The summed E-state index contributed by atoms with van der Waals surface area (Å²) < 4.78 is 18.5. The molecule has 0 bridgehead atoms. The number of aryl methyl sites for hydroxylation is 1. The van der Waals surface area contributed by atoms with E-state index in [1.54, 1.807) is 27.1 Å². The lowest BCUT2D eigenvalue weighted by Gasteiger charge is -2.24. The second-order valence-corrected chi connectivity index (χ2v) is 5.33. The van der Waals surface area contributed by atoms with Crippen LogP contribution >= 0.6 is 24.0 Å². The van der Waals surface area contributed by atoms with E-state index in [9.17, 15) is 4.39 Å². The van der Waals surface area contributed by atoms with Crippen LogP contribution in [0.5, 0.6) is 0 Å². The summed E-state index contributed by atoms with van der Waals surface area (Å²) in [6.45, 7) is 6.99. The van der Waals surface area contributed by atoms with Crippen LogP contribution in [-0.4, -0.2) is 32.3 Å². The molecule has 120 valence electrons. The van der Waals surface area contributed by atoms with Gasteiger partial charge in [-0.15, -0.1) is 24.0 Å². The zero-order valence-corrected chi connectivity index (χ0v) is 15.6. The van der Waals surface area contributed by atoms with E-state index in [1.807, 2.05) is 19.9 Å². The van der Waals surface area contributed by atoms with Crippen LogP contribution in [0.3, 0.4) is 0 Å². The molecule has 1 aromatic carbocycles. The van der Waals surface area contributed by atoms with Crippen LogP contribution in [-0.2, 0) is 11.3 Å². The van der Waals surface area contributed by atoms with E-state index in [0.29, 0.717) is 24.6 Å². The number of ether oxygens (including phenoxy) is 1. The molecule has 0 aromatic heterocycles. The first-order chi connectivity index (χ1) is 9.38. The van der Waals surface area contributed by atoms with Crippen LogP contribution in [0.25, 0.3) is 0 Å². The molecule has 0 radical (unpaired) electrons. The number of halogens is 2. The van der Waals surface area contributed by atoms with Crippen molar-refractivity contribution in [1.82, 2.24) is 10.6 Å². The van der Waals surface area contributed by atoms with Gasteiger partial charge in [0, 0.05) is 27.2 Å². The molecule has 0 saturated carbocycles. The standard InChI is InChI=1S/C15H24FN3O.HI/c1-11-8-12(6-7-13(11)16)9-18-14(17-4)19-10-15(2,3)20-5;/h6-8H,9-10H2,1-5H3,(H2,17,18,19);1H. The predicted octanol–water partition coefficient (Wildman–Crippen LogP) is 2.84. The van der Waals surface area contributed by atoms with E-state index in [0.717, 1.165) is 5.56 Å². The van der Waals surface area contributed by atoms with Crippen molar-refractivity contribution in [2.75, 3.05) is 20.7 Å². The monoisotopic (exact) mass is 409 g/mol. The van der Waals surface area contributed by atoms with E-state index in [1.165, 1.54) is 6.07 Å². The Morgan fingerprint density at radius 3 is 2.52 bits per heavy atom. The molecular weight excluding hydrogens is 384 g/mol. The Morgan fingerprint density at radius 1 is 1.33 bits per heavy atom. The maximum Gasteiger partial charge on any atom is 0.191 e. The molecule has 0 aliphatic carbocycles. The summed E-state index contributed by atoms with van der Waals surface area (Å²) in [5.41, 5.74) is 1.40. The van der Waals surface area contributed by atoms with Crippen molar-refractivity contribution >= 4 is 29.9 Å². The van der Waals surface area contributed by atoms with E-state index in [-0.39, 0.29) is 35.4 Å². The highest BCUT2D eigenvalue weighted by Gasteiger charge is 2.16. The Balaban J connectivity index is 0.00000400. The summed E-state index contributed by atoms with van der Waals surface area (Å²) in [7, 11) is 3.39.